The number of fused-ring (bicyclic) bond motifs is 1. The average Bonchev–Trinajstić information content (AvgIpc) is 2.67. The number of nitrogens with two attached hydrogens (primary N) is 1. The molecule has 0 aliphatic heterocycles. The molecule has 0 aliphatic carbocycles. The van der Waals surface area contributed by atoms with Crippen LogP contribution in [0.25, 0.3) is 11.2 Å². The lowest BCUT2D eigenvalue weighted by atomic mass is 10.0. The highest BCUT2D eigenvalue weighted by Gasteiger charge is 2.09. The Morgan fingerprint density at radius 2 is 2.38 bits per heavy atom. The molecule has 16 heavy (non-hydrogen) atoms. The van der Waals surface area contributed by atoms with Gasteiger partial charge >= 0.3 is 0 Å². The van der Waals surface area contributed by atoms with E-state index in [1.807, 2.05) is 6.07 Å². The zero-order valence-corrected chi connectivity index (χ0v) is 10.8. The van der Waals surface area contributed by atoms with Crippen molar-refractivity contribution in [1.82, 2.24) is 15.0 Å². The SMILES string of the molecule is CCC(CN)Cc1nc2ncc(Br)cc2[nH]1. The number of halogens is 1. The predicted octanol–water partition coefficient (Wildman–Crippen LogP) is 2.25. The summed E-state index contributed by atoms with van der Waals surface area (Å²) in [5, 5.41) is 0. The van der Waals surface area contributed by atoms with Gasteiger partial charge in [0.2, 0.25) is 0 Å². The number of nitrogens with zero attached hydrogens (tertiary/aromatic N) is 2. The van der Waals surface area contributed by atoms with Crippen LogP contribution in [-0.2, 0) is 6.42 Å². The number of aromatic nitrogens is 3. The molecule has 0 fully saturated rings. The molecule has 2 aromatic rings. The van der Waals surface area contributed by atoms with Crippen molar-refractivity contribution in [2.24, 2.45) is 11.7 Å². The predicted molar refractivity (Wildman–Crippen MR) is 68.1 cm³/mol. The molecule has 0 radical (unpaired) electrons. The third-order valence-corrected chi connectivity index (χ3v) is 3.18. The quantitative estimate of drug-likeness (QED) is 0.904. The molecule has 2 aromatic heterocycles. The summed E-state index contributed by atoms with van der Waals surface area (Å²) in [7, 11) is 0. The third kappa shape index (κ3) is 2.41. The van der Waals surface area contributed by atoms with Crippen molar-refractivity contribution in [2.45, 2.75) is 19.8 Å². The fourth-order valence-corrected chi connectivity index (χ4v) is 2.02. The number of aromatic amines is 1. The summed E-state index contributed by atoms with van der Waals surface area (Å²) in [6, 6.07) is 1.99. The van der Waals surface area contributed by atoms with Crippen LogP contribution in [-0.4, -0.2) is 21.5 Å². The van der Waals surface area contributed by atoms with Gasteiger partial charge in [0.05, 0.1) is 5.52 Å². The summed E-state index contributed by atoms with van der Waals surface area (Å²) in [5.74, 6) is 1.46. The lowest BCUT2D eigenvalue weighted by molar-refractivity contribution is 0.508. The van der Waals surface area contributed by atoms with Crippen molar-refractivity contribution >= 4 is 27.1 Å². The number of H-pyrrole nitrogens is 1. The van der Waals surface area contributed by atoms with Crippen LogP contribution in [0.4, 0.5) is 0 Å². The summed E-state index contributed by atoms with van der Waals surface area (Å²) in [6.45, 7) is 2.85. The van der Waals surface area contributed by atoms with Crippen LogP contribution in [0.2, 0.25) is 0 Å². The van der Waals surface area contributed by atoms with E-state index >= 15 is 0 Å². The van der Waals surface area contributed by atoms with Crippen molar-refractivity contribution in [3.05, 3.63) is 22.6 Å². The minimum absolute atomic E-state index is 0.490. The molecule has 0 aromatic carbocycles. The van der Waals surface area contributed by atoms with Crippen LogP contribution in [0.1, 0.15) is 19.2 Å². The molecular weight excluding hydrogens is 268 g/mol. The molecule has 86 valence electrons. The van der Waals surface area contributed by atoms with Gasteiger partial charge in [0.1, 0.15) is 5.82 Å². The number of hydrogen-bond acceptors (Lipinski definition) is 3. The Morgan fingerprint density at radius 1 is 1.56 bits per heavy atom. The molecule has 0 spiro atoms. The Bertz CT molecular complexity index is 476. The zero-order valence-electron chi connectivity index (χ0n) is 9.20. The smallest absolute Gasteiger partial charge is 0.177 e. The minimum Gasteiger partial charge on any atom is -0.341 e. The Balaban J connectivity index is 2.25. The van der Waals surface area contributed by atoms with Crippen LogP contribution in [0.5, 0.6) is 0 Å². The first-order valence-corrected chi connectivity index (χ1v) is 6.22. The molecule has 0 saturated carbocycles. The van der Waals surface area contributed by atoms with E-state index in [4.69, 9.17) is 5.73 Å². The average molecular weight is 283 g/mol. The molecule has 2 heterocycles. The molecular formula is C11H15BrN4. The molecule has 5 heteroatoms. The highest BCUT2D eigenvalue weighted by Crippen LogP contribution is 2.17. The van der Waals surface area contributed by atoms with E-state index in [9.17, 15) is 0 Å². The highest BCUT2D eigenvalue weighted by atomic mass is 79.9. The van der Waals surface area contributed by atoms with Gasteiger partial charge in [-0.15, -0.1) is 0 Å². The van der Waals surface area contributed by atoms with Gasteiger partial charge in [-0.25, -0.2) is 9.97 Å². The van der Waals surface area contributed by atoms with E-state index in [0.717, 1.165) is 34.3 Å². The standard InChI is InChI=1S/C11H15BrN4/c1-2-7(5-13)3-10-15-9-4-8(12)6-14-11(9)16-10/h4,6-7H,2-3,5,13H2,1H3,(H,14,15,16). The Kier molecular flexibility index (Phi) is 3.56. The van der Waals surface area contributed by atoms with Crippen LogP contribution < -0.4 is 5.73 Å². The van der Waals surface area contributed by atoms with E-state index in [-0.39, 0.29) is 0 Å². The number of nitrogens with one attached hydrogen (secondary N) is 1. The molecule has 1 unspecified atom stereocenters. The second kappa shape index (κ2) is 4.93. The van der Waals surface area contributed by atoms with Gasteiger partial charge in [-0.1, -0.05) is 13.3 Å². The summed E-state index contributed by atoms with van der Waals surface area (Å²) < 4.78 is 0.959. The monoisotopic (exact) mass is 282 g/mol. The third-order valence-electron chi connectivity index (χ3n) is 2.75. The maximum absolute atomic E-state index is 5.68. The zero-order chi connectivity index (χ0) is 11.5. The summed E-state index contributed by atoms with van der Waals surface area (Å²) >= 11 is 3.39. The Hall–Kier alpha value is -0.940. The summed E-state index contributed by atoms with van der Waals surface area (Å²) in [4.78, 5) is 12.0. The van der Waals surface area contributed by atoms with E-state index in [1.54, 1.807) is 6.20 Å². The number of pyridine rings is 1. The van der Waals surface area contributed by atoms with Crippen molar-refractivity contribution in [1.29, 1.82) is 0 Å². The first-order valence-electron chi connectivity index (χ1n) is 5.43. The van der Waals surface area contributed by atoms with Gasteiger partial charge in [0.25, 0.3) is 0 Å². The van der Waals surface area contributed by atoms with Gasteiger partial charge in [0.15, 0.2) is 5.65 Å². The maximum atomic E-state index is 5.68. The molecule has 0 bridgehead atoms. The van der Waals surface area contributed by atoms with Gasteiger partial charge < -0.3 is 10.7 Å². The summed E-state index contributed by atoms with van der Waals surface area (Å²) in [5.41, 5.74) is 7.42. The van der Waals surface area contributed by atoms with E-state index in [0.29, 0.717) is 12.5 Å². The largest absolute Gasteiger partial charge is 0.341 e. The first-order chi connectivity index (χ1) is 7.72. The second-order valence-corrected chi connectivity index (χ2v) is 4.84. The Labute approximate surface area is 103 Å². The van der Waals surface area contributed by atoms with Crippen LogP contribution in [0, 0.1) is 5.92 Å². The van der Waals surface area contributed by atoms with Gasteiger partial charge in [-0.3, -0.25) is 0 Å². The normalized spacial score (nSPS) is 13.2. The van der Waals surface area contributed by atoms with Gasteiger partial charge in [-0.05, 0) is 34.5 Å². The van der Waals surface area contributed by atoms with Crippen LogP contribution in [0.3, 0.4) is 0 Å². The lowest BCUT2D eigenvalue weighted by Gasteiger charge is -2.08. The van der Waals surface area contributed by atoms with E-state index in [1.165, 1.54) is 0 Å². The topological polar surface area (TPSA) is 67.6 Å². The number of rotatable bonds is 4. The van der Waals surface area contributed by atoms with Gasteiger partial charge in [-0.2, -0.15) is 0 Å². The van der Waals surface area contributed by atoms with E-state index in [2.05, 4.69) is 37.8 Å². The molecule has 1 atom stereocenters. The Morgan fingerprint density at radius 3 is 3.06 bits per heavy atom. The minimum atomic E-state index is 0.490. The number of hydrogen-bond donors (Lipinski definition) is 2. The molecule has 3 N–H and O–H groups in total. The molecule has 0 aliphatic rings. The lowest BCUT2D eigenvalue weighted by Crippen LogP contribution is -2.16. The maximum Gasteiger partial charge on any atom is 0.177 e. The second-order valence-electron chi connectivity index (χ2n) is 3.92. The highest BCUT2D eigenvalue weighted by molar-refractivity contribution is 9.10. The van der Waals surface area contributed by atoms with E-state index < -0.39 is 0 Å². The fraction of sp³-hybridized carbons (Fsp3) is 0.455. The van der Waals surface area contributed by atoms with Crippen molar-refractivity contribution in [2.75, 3.05) is 6.54 Å². The first kappa shape index (κ1) is 11.5. The molecule has 0 amide bonds. The van der Waals surface area contributed by atoms with Crippen LogP contribution in [0.15, 0.2) is 16.7 Å². The molecule has 2 rings (SSSR count). The molecule has 4 nitrogen and oxygen atoms in total. The fourth-order valence-electron chi connectivity index (χ4n) is 1.69. The van der Waals surface area contributed by atoms with Crippen molar-refractivity contribution in [3.63, 3.8) is 0 Å². The summed E-state index contributed by atoms with van der Waals surface area (Å²) in [6.07, 6.45) is 3.72. The number of imidazole rings is 1. The van der Waals surface area contributed by atoms with Crippen LogP contribution >= 0.6 is 15.9 Å². The van der Waals surface area contributed by atoms with Crippen molar-refractivity contribution in [3.8, 4) is 0 Å². The molecule has 0 saturated heterocycles. The van der Waals surface area contributed by atoms with Gasteiger partial charge in [0, 0.05) is 17.1 Å². The van der Waals surface area contributed by atoms with Crippen molar-refractivity contribution < 1.29 is 0 Å².